The van der Waals surface area contributed by atoms with Crippen LogP contribution in [0.15, 0.2) is 42.5 Å². The minimum atomic E-state index is -0.487. The van der Waals surface area contributed by atoms with Crippen LogP contribution in [0.4, 0.5) is 10.5 Å². The summed E-state index contributed by atoms with van der Waals surface area (Å²) < 4.78 is 15.8. The van der Waals surface area contributed by atoms with E-state index in [1.165, 1.54) is 27.1 Å². The molecule has 2 aromatic carbocycles. The van der Waals surface area contributed by atoms with Gasteiger partial charge >= 0.3 is 12.1 Å². The molecule has 0 bridgehead atoms. The third-order valence-corrected chi connectivity index (χ3v) is 6.14. The summed E-state index contributed by atoms with van der Waals surface area (Å²) in [4.78, 5) is 25.0. The number of esters is 1. The topological polar surface area (TPSA) is 85.9 Å². The molecule has 2 aliphatic rings. The van der Waals surface area contributed by atoms with Crippen molar-refractivity contribution < 1.29 is 23.8 Å². The molecule has 0 unspecified atom stereocenters. The number of methoxy groups -OCH3 is 2. The van der Waals surface area contributed by atoms with E-state index in [0.29, 0.717) is 17.2 Å². The molecule has 7 nitrogen and oxygen atoms in total. The highest BCUT2D eigenvalue weighted by molar-refractivity contribution is 5.94. The number of hydrogen-bond donors (Lipinski definition) is 2. The average molecular weight is 424 g/mol. The summed E-state index contributed by atoms with van der Waals surface area (Å²) >= 11 is 0. The minimum absolute atomic E-state index is 0.114. The lowest BCUT2D eigenvalue weighted by molar-refractivity contribution is 0.0597. The predicted octanol–water partition coefficient (Wildman–Crippen LogP) is 4.29. The van der Waals surface area contributed by atoms with Gasteiger partial charge in [0.2, 0.25) is 0 Å². The van der Waals surface area contributed by atoms with Crippen molar-refractivity contribution in [1.82, 2.24) is 5.32 Å². The number of anilines is 1. The van der Waals surface area contributed by atoms with Gasteiger partial charge in [0.15, 0.2) is 0 Å². The predicted molar refractivity (Wildman–Crippen MR) is 116 cm³/mol. The SMILES string of the molecule is COC(=O)c1cc2c(cc1OC)N[C@H](C1CC1)[C@@H](C)[C@@H]2NC(=O)OCc1ccccc1. The number of ether oxygens (including phenoxy) is 3. The van der Waals surface area contributed by atoms with E-state index in [9.17, 15) is 9.59 Å². The van der Waals surface area contributed by atoms with Crippen LogP contribution in [0.1, 0.15) is 47.3 Å². The third kappa shape index (κ3) is 4.45. The molecular formula is C24H28N2O5. The molecule has 2 N–H and O–H groups in total. The van der Waals surface area contributed by atoms with Crippen LogP contribution >= 0.6 is 0 Å². The van der Waals surface area contributed by atoms with Crippen LogP contribution in [0.5, 0.6) is 5.75 Å². The van der Waals surface area contributed by atoms with Gasteiger partial charge in [0.05, 0.1) is 20.3 Å². The molecule has 31 heavy (non-hydrogen) atoms. The highest BCUT2D eigenvalue weighted by Crippen LogP contribution is 2.47. The monoisotopic (exact) mass is 424 g/mol. The lowest BCUT2D eigenvalue weighted by atomic mass is 9.81. The molecule has 0 saturated heterocycles. The Morgan fingerprint density at radius 3 is 2.52 bits per heavy atom. The fourth-order valence-corrected chi connectivity index (χ4v) is 4.32. The lowest BCUT2D eigenvalue weighted by Crippen LogP contribution is -2.45. The Morgan fingerprint density at radius 2 is 1.87 bits per heavy atom. The number of amides is 1. The van der Waals surface area contributed by atoms with Gasteiger partial charge in [0, 0.05) is 23.7 Å². The van der Waals surface area contributed by atoms with E-state index < -0.39 is 12.1 Å². The summed E-state index contributed by atoms with van der Waals surface area (Å²) in [5.74, 6) is 0.636. The van der Waals surface area contributed by atoms with Gasteiger partial charge in [-0.25, -0.2) is 9.59 Å². The Balaban J connectivity index is 1.60. The molecule has 1 heterocycles. The molecule has 3 atom stereocenters. The summed E-state index contributed by atoms with van der Waals surface area (Å²) in [6, 6.07) is 13.0. The van der Waals surface area contributed by atoms with E-state index in [0.717, 1.165) is 16.8 Å². The molecule has 7 heteroatoms. The van der Waals surface area contributed by atoms with Crippen molar-refractivity contribution in [3.8, 4) is 5.75 Å². The van der Waals surface area contributed by atoms with Crippen molar-refractivity contribution in [2.45, 2.75) is 38.5 Å². The van der Waals surface area contributed by atoms with Crippen molar-refractivity contribution in [1.29, 1.82) is 0 Å². The molecule has 1 saturated carbocycles. The zero-order valence-corrected chi connectivity index (χ0v) is 18.0. The number of nitrogens with one attached hydrogen (secondary N) is 2. The van der Waals surface area contributed by atoms with Crippen LogP contribution in [-0.2, 0) is 16.1 Å². The summed E-state index contributed by atoms with van der Waals surface area (Å²) in [5, 5.41) is 6.64. The zero-order chi connectivity index (χ0) is 22.0. The van der Waals surface area contributed by atoms with Crippen LogP contribution in [-0.4, -0.2) is 32.3 Å². The van der Waals surface area contributed by atoms with Gasteiger partial charge in [0.25, 0.3) is 0 Å². The summed E-state index contributed by atoms with van der Waals surface area (Å²) in [5.41, 5.74) is 2.92. The Bertz CT molecular complexity index is 958. The first kappa shape index (κ1) is 21.0. The van der Waals surface area contributed by atoms with E-state index >= 15 is 0 Å². The second-order valence-electron chi connectivity index (χ2n) is 8.18. The van der Waals surface area contributed by atoms with Gasteiger partial charge in [-0.3, -0.25) is 0 Å². The van der Waals surface area contributed by atoms with Crippen molar-refractivity contribution in [3.63, 3.8) is 0 Å². The summed E-state index contributed by atoms with van der Waals surface area (Å²) in [6.07, 6.45) is 1.85. The van der Waals surface area contributed by atoms with E-state index in [4.69, 9.17) is 14.2 Å². The first-order valence-corrected chi connectivity index (χ1v) is 10.6. The van der Waals surface area contributed by atoms with Gasteiger partial charge in [-0.15, -0.1) is 0 Å². The quantitative estimate of drug-likeness (QED) is 0.673. The Morgan fingerprint density at radius 1 is 1.13 bits per heavy atom. The highest BCUT2D eigenvalue weighted by Gasteiger charge is 2.43. The number of rotatable bonds is 6. The maximum atomic E-state index is 12.7. The normalized spacial score (nSPS) is 22.0. The van der Waals surface area contributed by atoms with E-state index in [2.05, 4.69) is 17.6 Å². The molecule has 1 aliphatic carbocycles. The maximum absolute atomic E-state index is 12.7. The molecule has 0 spiro atoms. The fourth-order valence-electron chi connectivity index (χ4n) is 4.32. The van der Waals surface area contributed by atoms with Gasteiger partial charge < -0.3 is 24.8 Å². The first-order valence-electron chi connectivity index (χ1n) is 10.6. The van der Waals surface area contributed by atoms with Crippen molar-refractivity contribution in [2.24, 2.45) is 11.8 Å². The molecule has 0 radical (unpaired) electrons. The van der Waals surface area contributed by atoms with Gasteiger partial charge in [-0.2, -0.15) is 0 Å². The van der Waals surface area contributed by atoms with Gasteiger partial charge in [0.1, 0.15) is 17.9 Å². The number of fused-ring (bicyclic) bond motifs is 1. The number of carbonyl (C=O) groups excluding carboxylic acids is 2. The van der Waals surface area contributed by atoms with Gasteiger partial charge in [-0.1, -0.05) is 37.3 Å². The highest BCUT2D eigenvalue weighted by atomic mass is 16.5. The second kappa shape index (κ2) is 8.88. The van der Waals surface area contributed by atoms with Gasteiger partial charge in [-0.05, 0) is 36.0 Å². The van der Waals surface area contributed by atoms with E-state index in [1.807, 2.05) is 36.4 Å². The van der Waals surface area contributed by atoms with Crippen LogP contribution in [0.25, 0.3) is 0 Å². The average Bonchev–Trinajstić information content (AvgIpc) is 3.64. The molecule has 1 fully saturated rings. The summed E-state index contributed by atoms with van der Waals surface area (Å²) in [6.45, 7) is 2.31. The Labute approximate surface area is 182 Å². The van der Waals surface area contributed by atoms with Crippen LogP contribution in [0, 0.1) is 11.8 Å². The maximum Gasteiger partial charge on any atom is 0.407 e. The smallest absolute Gasteiger partial charge is 0.407 e. The molecule has 2 aromatic rings. The Hall–Kier alpha value is -3.22. The van der Waals surface area contributed by atoms with Crippen molar-refractivity contribution >= 4 is 17.7 Å². The minimum Gasteiger partial charge on any atom is -0.496 e. The van der Waals surface area contributed by atoms with Crippen LogP contribution < -0.4 is 15.4 Å². The number of alkyl carbamates (subject to hydrolysis) is 1. The largest absolute Gasteiger partial charge is 0.496 e. The molecule has 1 amide bonds. The molecular weight excluding hydrogens is 396 g/mol. The zero-order valence-electron chi connectivity index (χ0n) is 18.0. The standard InChI is InChI=1S/C24H28N2O5/c1-14-21(16-9-10-16)25-19-12-20(29-2)18(23(27)30-3)11-17(19)22(14)26-24(28)31-13-15-7-5-4-6-8-15/h4-8,11-12,14,16,21-22,25H,9-10,13H2,1-3H3,(H,26,28)/t14-,21+,22+/m1/s1. The number of hydrogen-bond acceptors (Lipinski definition) is 6. The first-order chi connectivity index (χ1) is 15.0. The van der Waals surface area contributed by atoms with Crippen molar-refractivity contribution in [2.75, 3.05) is 19.5 Å². The van der Waals surface area contributed by atoms with Crippen LogP contribution in [0.3, 0.4) is 0 Å². The number of carbonyl (C=O) groups is 2. The Kier molecular flexibility index (Phi) is 6.02. The molecule has 4 rings (SSSR count). The number of benzene rings is 2. The lowest BCUT2D eigenvalue weighted by Gasteiger charge is -2.39. The second-order valence-corrected chi connectivity index (χ2v) is 8.18. The van der Waals surface area contributed by atoms with Crippen LogP contribution in [0.2, 0.25) is 0 Å². The molecule has 164 valence electrons. The summed E-state index contributed by atoms with van der Waals surface area (Å²) in [7, 11) is 2.86. The van der Waals surface area contributed by atoms with E-state index in [-0.39, 0.29) is 24.6 Å². The fraction of sp³-hybridized carbons (Fsp3) is 0.417. The van der Waals surface area contributed by atoms with E-state index in [1.54, 1.807) is 6.07 Å². The third-order valence-electron chi connectivity index (χ3n) is 6.14. The van der Waals surface area contributed by atoms with Crippen molar-refractivity contribution in [3.05, 3.63) is 59.2 Å². The molecule has 1 aliphatic heterocycles. The molecule has 0 aromatic heterocycles.